The largest absolute Gasteiger partial charge is 0.299 e. The zero-order chi connectivity index (χ0) is 7.82. The Balaban J connectivity index is 3.59. The zero-order valence-electron chi connectivity index (χ0n) is 6.89. The lowest BCUT2D eigenvalue weighted by Crippen LogP contribution is -1.82. The molecule has 0 aromatic rings. The van der Waals surface area contributed by atoms with Crippen LogP contribution in [-0.2, 0) is 4.79 Å². The molecule has 1 nitrogen and oxygen atoms in total. The molecular weight excluding hydrogens is 124 g/mol. The summed E-state index contributed by atoms with van der Waals surface area (Å²) in [6.45, 7) is 4.25. The topological polar surface area (TPSA) is 17.1 Å². The van der Waals surface area contributed by atoms with Crippen molar-refractivity contribution in [3.63, 3.8) is 0 Å². The van der Waals surface area contributed by atoms with Crippen LogP contribution in [0, 0.1) is 0 Å². The van der Waals surface area contributed by atoms with Gasteiger partial charge in [0.2, 0.25) is 0 Å². The van der Waals surface area contributed by atoms with Crippen molar-refractivity contribution < 1.29 is 4.79 Å². The second-order valence-electron chi connectivity index (χ2n) is 2.42. The Labute approximate surface area is 63.1 Å². The number of allylic oxidation sites excluding steroid dienone is 2. The molecule has 0 heterocycles. The van der Waals surface area contributed by atoms with Gasteiger partial charge in [-0.2, -0.15) is 0 Å². The van der Waals surface area contributed by atoms with Crippen molar-refractivity contribution >= 4 is 6.29 Å². The average molecular weight is 140 g/mol. The van der Waals surface area contributed by atoms with Crippen LogP contribution >= 0.6 is 0 Å². The van der Waals surface area contributed by atoms with Gasteiger partial charge in [0.15, 0.2) is 0 Å². The molecule has 0 N–H and O–H groups in total. The van der Waals surface area contributed by atoms with E-state index in [9.17, 15) is 4.79 Å². The third-order valence-corrected chi connectivity index (χ3v) is 1.61. The molecule has 0 saturated heterocycles. The maximum absolute atomic E-state index is 10.1. The zero-order valence-corrected chi connectivity index (χ0v) is 6.89. The second kappa shape index (κ2) is 6.53. The Kier molecular flexibility index (Phi) is 6.14. The first-order valence-corrected chi connectivity index (χ1v) is 3.98. The normalized spacial score (nSPS) is 11.6. The van der Waals surface area contributed by atoms with Crippen molar-refractivity contribution in [3.8, 4) is 0 Å². The summed E-state index contributed by atoms with van der Waals surface area (Å²) in [4.78, 5) is 10.1. The van der Waals surface area contributed by atoms with Gasteiger partial charge in [-0.3, -0.25) is 4.79 Å². The molecule has 0 fully saturated rings. The molecule has 0 radical (unpaired) electrons. The van der Waals surface area contributed by atoms with Gasteiger partial charge in [0.05, 0.1) is 0 Å². The first kappa shape index (κ1) is 9.41. The maximum atomic E-state index is 10.1. The third kappa shape index (κ3) is 4.30. The van der Waals surface area contributed by atoms with E-state index in [0.717, 1.165) is 19.1 Å². The summed E-state index contributed by atoms with van der Waals surface area (Å²) >= 11 is 0. The Morgan fingerprint density at radius 2 is 2.10 bits per heavy atom. The lowest BCUT2D eigenvalue weighted by molar-refractivity contribution is -0.104. The highest BCUT2D eigenvalue weighted by molar-refractivity contribution is 5.66. The summed E-state index contributed by atoms with van der Waals surface area (Å²) in [7, 11) is 0. The van der Waals surface area contributed by atoms with E-state index in [0.29, 0.717) is 0 Å². The molecule has 10 heavy (non-hydrogen) atoms. The van der Waals surface area contributed by atoms with Crippen molar-refractivity contribution in [3.05, 3.63) is 11.6 Å². The first-order chi connectivity index (χ1) is 4.85. The molecule has 0 aromatic carbocycles. The van der Waals surface area contributed by atoms with Gasteiger partial charge in [0.25, 0.3) is 0 Å². The van der Waals surface area contributed by atoms with E-state index in [4.69, 9.17) is 0 Å². The number of hydrogen-bond donors (Lipinski definition) is 0. The van der Waals surface area contributed by atoms with E-state index in [1.807, 2.05) is 0 Å². The SMILES string of the molecule is CCCC/C(=C/C=O)CC. The molecule has 58 valence electrons. The fourth-order valence-electron chi connectivity index (χ4n) is 0.878. The lowest BCUT2D eigenvalue weighted by Gasteiger charge is -1.99. The smallest absolute Gasteiger partial charge is 0.142 e. The minimum Gasteiger partial charge on any atom is -0.299 e. The molecule has 0 atom stereocenters. The summed E-state index contributed by atoms with van der Waals surface area (Å²) in [5.74, 6) is 0. The Hall–Kier alpha value is -0.590. The van der Waals surface area contributed by atoms with Gasteiger partial charge in [0, 0.05) is 0 Å². The summed E-state index contributed by atoms with van der Waals surface area (Å²) < 4.78 is 0. The van der Waals surface area contributed by atoms with E-state index in [1.165, 1.54) is 18.4 Å². The molecule has 1 heteroatoms. The number of carbonyl (C=O) groups is 1. The van der Waals surface area contributed by atoms with Crippen LogP contribution in [0.15, 0.2) is 11.6 Å². The van der Waals surface area contributed by atoms with Crippen molar-refractivity contribution in [2.24, 2.45) is 0 Å². The molecule has 0 unspecified atom stereocenters. The molecule has 0 saturated carbocycles. The quantitative estimate of drug-likeness (QED) is 0.424. The number of hydrogen-bond acceptors (Lipinski definition) is 1. The van der Waals surface area contributed by atoms with Crippen molar-refractivity contribution in [1.82, 2.24) is 0 Å². The van der Waals surface area contributed by atoms with Gasteiger partial charge in [-0.1, -0.05) is 25.8 Å². The van der Waals surface area contributed by atoms with Gasteiger partial charge >= 0.3 is 0 Å². The molecule has 0 spiro atoms. The van der Waals surface area contributed by atoms with Crippen LogP contribution < -0.4 is 0 Å². The monoisotopic (exact) mass is 140 g/mol. The first-order valence-electron chi connectivity index (χ1n) is 3.98. The van der Waals surface area contributed by atoms with Crippen molar-refractivity contribution in [2.45, 2.75) is 39.5 Å². The predicted molar refractivity (Wildman–Crippen MR) is 44.0 cm³/mol. The van der Waals surface area contributed by atoms with Gasteiger partial charge in [-0.05, 0) is 25.3 Å². The number of unbranched alkanes of at least 4 members (excludes halogenated alkanes) is 1. The van der Waals surface area contributed by atoms with E-state index < -0.39 is 0 Å². The minimum absolute atomic E-state index is 0.883. The lowest BCUT2D eigenvalue weighted by atomic mass is 10.1. The Morgan fingerprint density at radius 3 is 2.50 bits per heavy atom. The highest BCUT2D eigenvalue weighted by Crippen LogP contribution is 2.09. The van der Waals surface area contributed by atoms with Crippen LogP contribution in [0.1, 0.15) is 39.5 Å². The summed E-state index contributed by atoms with van der Waals surface area (Å²) in [6, 6.07) is 0. The van der Waals surface area contributed by atoms with Crippen LogP contribution in [0.2, 0.25) is 0 Å². The number of carbonyl (C=O) groups excluding carboxylic acids is 1. The Morgan fingerprint density at radius 1 is 1.40 bits per heavy atom. The summed E-state index contributed by atoms with van der Waals surface area (Å²) in [6.07, 6.45) is 7.08. The van der Waals surface area contributed by atoms with Crippen LogP contribution in [0.4, 0.5) is 0 Å². The average Bonchev–Trinajstić information content (AvgIpc) is 1.98. The van der Waals surface area contributed by atoms with Gasteiger partial charge in [0.1, 0.15) is 6.29 Å². The molecule has 0 aliphatic carbocycles. The molecule has 0 aromatic heterocycles. The fraction of sp³-hybridized carbons (Fsp3) is 0.667. The van der Waals surface area contributed by atoms with Gasteiger partial charge < -0.3 is 0 Å². The van der Waals surface area contributed by atoms with Crippen LogP contribution in [0.25, 0.3) is 0 Å². The Bertz CT molecular complexity index is 114. The van der Waals surface area contributed by atoms with Gasteiger partial charge in [-0.25, -0.2) is 0 Å². The second-order valence-corrected chi connectivity index (χ2v) is 2.42. The van der Waals surface area contributed by atoms with Crippen LogP contribution in [-0.4, -0.2) is 6.29 Å². The fourth-order valence-corrected chi connectivity index (χ4v) is 0.878. The molecular formula is C9H16O. The number of rotatable bonds is 5. The van der Waals surface area contributed by atoms with E-state index >= 15 is 0 Å². The van der Waals surface area contributed by atoms with Gasteiger partial charge in [-0.15, -0.1) is 0 Å². The summed E-state index contributed by atoms with van der Waals surface area (Å²) in [5.41, 5.74) is 1.27. The highest BCUT2D eigenvalue weighted by Gasteiger charge is 1.91. The molecule has 0 amide bonds. The third-order valence-electron chi connectivity index (χ3n) is 1.61. The van der Waals surface area contributed by atoms with Crippen LogP contribution in [0.3, 0.4) is 0 Å². The maximum Gasteiger partial charge on any atom is 0.142 e. The van der Waals surface area contributed by atoms with Crippen LogP contribution in [0.5, 0.6) is 0 Å². The van der Waals surface area contributed by atoms with E-state index in [1.54, 1.807) is 6.08 Å². The predicted octanol–water partition coefficient (Wildman–Crippen LogP) is 2.71. The minimum atomic E-state index is 0.883. The standard InChI is InChI=1S/C9H16O/c1-3-5-6-9(4-2)7-8-10/h7-8H,3-6H2,1-2H3/b9-7+. The number of aldehydes is 1. The molecule has 0 bridgehead atoms. The van der Waals surface area contributed by atoms with E-state index in [2.05, 4.69) is 13.8 Å². The highest BCUT2D eigenvalue weighted by atomic mass is 16.1. The molecule has 0 rings (SSSR count). The molecule has 0 aliphatic heterocycles. The van der Waals surface area contributed by atoms with E-state index in [-0.39, 0.29) is 0 Å². The van der Waals surface area contributed by atoms with Crippen molar-refractivity contribution in [2.75, 3.05) is 0 Å². The van der Waals surface area contributed by atoms with Crippen molar-refractivity contribution in [1.29, 1.82) is 0 Å². The summed E-state index contributed by atoms with van der Waals surface area (Å²) in [5, 5.41) is 0. The molecule has 0 aliphatic rings.